The number of allylic oxidation sites excluding steroid dienone is 2. The Bertz CT molecular complexity index is 472. The van der Waals surface area contributed by atoms with Crippen molar-refractivity contribution in [2.45, 2.75) is 32.6 Å². The highest BCUT2D eigenvalue weighted by molar-refractivity contribution is 5.65. The first-order chi connectivity index (χ1) is 7.68. The van der Waals surface area contributed by atoms with E-state index in [2.05, 4.69) is 45.2 Å². The molecule has 1 heteroatoms. The molecule has 2 unspecified atom stereocenters. The predicted molar refractivity (Wildman–Crippen MR) is 69.4 cm³/mol. The van der Waals surface area contributed by atoms with Crippen molar-refractivity contribution >= 4 is 5.69 Å². The minimum absolute atomic E-state index is 0.709. The van der Waals surface area contributed by atoms with E-state index < -0.39 is 0 Å². The second kappa shape index (κ2) is 3.21. The van der Waals surface area contributed by atoms with Gasteiger partial charge in [-0.2, -0.15) is 0 Å². The summed E-state index contributed by atoms with van der Waals surface area (Å²) < 4.78 is 1.05. The second-order valence-electron chi connectivity index (χ2n) is 5.32. The zero-order valence-electron chi connectivity index (χ0n) is 10.5. The van der Waals surface area contributed by atoms with Crippen LogP contribution in [0.2, 0.25) is 0 Å². The van der Waals surface area contributed by atoms with Gasteiger partial charge in [0.05, 0.1) is 19.5 Å². The molecule has 1 heterocycles. The van der Waals surface area contributed by atoms with Crippen LogP contribution in [0, 0.1) is 0 Å². The lowest BCUT2D eigenvalue weighted by Crippen LogP contribution is -2.41. The highest BCUT2D eigenvalue weighted by Gasteiger charge is 2.48. The molecule has 0 fully saturated rings. The monoisotopic (exact) mass is 214 g/mol. The Morgan fingerprint density at radius 1 is 1.31 bits per heavy atom. The Kier molecular flexibility index (Phi) is 2.02. The Balaban J connectivity index is 2.28. The van der Waals surface area contributed by atoms with Crippen molar-refractivity contribution in [3.8, 4) is 0 Å². The molecule has 1 nitrogen and oxygen atoms in total. The van der Waals surface area contributed by atoms with Gasteiger partial charge < -0.3 is 0 Å². The van der Waals surface area contributed by atoms with Crippen molar-refractivity contribution in [1.29, 1.82) is 0 Å². The lowest BCUT2D eigenvalue weighted by molar-refractivity contribution is 0.430. The van der Waals surface area contributed by atoms with Gasteiger partial charge >= 0.3 is 0 Å². The first-order valence-corrected chi connectivity index (χ1v) is 6.33. The number of rotatable bonds is 1. The molecule has 0 N–H and O–H groups in total. The summed E-state index contributed by atoms with van der Waals surface area (Å²) in [4.78, 5) is 0. The van der Waals surface area contributed by atoms with Gasteiger partial charge in [0, 0.05) is 5.56 Å². The van der Waals surface area contributed by atoms with Gasteiger partial charge in [-0.15, -0.1) is 0 Å². The molecule has 3 rings (SSSR count). The minimum atomic E-state index is 0.709. The van der Waals surface area contributed by atoms with Crippen molar-refractivity contribution in [2.24, 2.45) is 0 Å². The van der Waals surface area contributed by atoms with Crippen molar-refractivity contribution < 1.29 is 0 Å². The largest absolute Gasteiger partial charge is 0.264 e. The van der Waals surface area contributed by atoms with Crippen LogP contribution < -0.4 is 4.48 Å². The summed E-state index contributed by atoms with van der Waals surface area (Å²) >= 11 is 0. The molecule has 0 spiro atoms. The van der Waals surface area contributed by atoms with Gasteiger partial charge in [0.2, 0.25) is 0 Å². The molecule has 84 valence electrons. The van der Waals surface area contributed by atoms with Crippen LogP contribution in [0.3, 0.4) is 0 Å². The third-order valence-corrected chi connectivity index (χ3v) is 4.58. The highest BCUT2D eigenvalue weighted by atomic mass is 15.4. The van der Waals surface area contributed by atoms with Crippen LogP contribution in [0.15, 0.2) is 35.5 Å². The van der Waals surface area contributed by atoms with Crippen LogP contribution in [0.25, 0.3) is 0 Å². The van der Waals surface area contributed by atoms with Crippen LogP contribution in [-0.2, 0) is 0 Å². The lowest BCUT2D eigenvalue weighted by Gasteiger charge is -2.30. The summed E-state index contributed by atoms with van der Waals surface area (Å²) in [5, 5.41) is 0. The molecule has 0 bridgehead atoms. The van der Waals surface area contributed by atoms with E-state index in [1.165, 1.54) is 25.1 Å². The van der Waals surface area contributed by atoms with E-state index >= 15 is 0 Å². The molecule has 1 aliphatic carbocycles. The molecular formula is C15H20N+. The molecule has 0 amide bonds. The van der Waals surface area contributed by atoms with E-state index in [9.17, 15) is 0 Å². The molecule has 2 aliphatic rings. The summed E-state index contributed by atoms with van der Waals surface area (Å²) in [7, 11) is 2.38. The lowest BCUT2D eigenvalue weighted by atomic mass is 9.99. The molecule has 16 heavy (non-hydrogen) atoms. The summed E-state index contributed by atoms with van der Waals surface area (Å²) in [6, 6.07) is 9.02. The van der Waals surface area contributed by atoms with Crippen LogP contribution in [-0.4, -0.2) is 13.6 Å². The van der Waals surface area contributed by atoms with E-state index in [-0.39, 0.29) is 0 Å². The summed E-state index contributed by atoms with van der Waals surface area (Å²) in [5.74, 6) is 0.709. The maximum absolute atomic E-state index is 2.38. The maximum Gasteiger partial charge on any atom is 0.141 e. The molecule has 1 aromatic carbocycles. The molecule has 2 atom stereocenters. The van der Waals surface area contributed by atoms with Crippen LogP contribution in [0.5, 0.6) is 0 Å². The Labute approximate surface area is 98.0 Å². The van der Waals surface area contributed by atoms with Gasteiger partial charge in [-0.1, -0.05) is 18.2 Å². The number of quaternary nitrogens is 1. The maximum atomic E-state index is 2.38. The molecule has 0 radical (unpaired) electrons. The standard InChI is InChI=1S/C15H20N/c1-4-16(3)14-8-6-5-7-12(14)13-10-9-11(2)15(13)16/h5-8,13H,4,9-10H2,1-3H3/q+1. The Morgan fingerprint density at radius 3 is 2.81 bits per heavy atom. The summed E-state index contributed by atoms with van der Waals surface area (Å²) in [5.41, 5.74) is 6.43. The van der Waals surface area contributed by atoms with Crippen molar-refractivity contribution in [1.82, 2.24) is 4.48 Å². The van der Waals surface area contributed by atoms with E-state index in [0.29, 0.717) is 5.92 Å². The minimum Gasteiger partial charge on any atom is -0.264 e. The molecule has 1 aromatic rings. The number of benzene rings is 1. The zero-order valence-corrected chi connectivity index (χ0v) is 10.5. The smallest absolute Gasteiger partial charge is 0.141 e. The first kappa shape index (κ1) is 10.1. The normalized spacial score (nSPS) is 31.8. The average molecular weight is 214 g/mol. The number of hydrogen-bond acceptors (Lipinski definition) is 0. The van der Waals surface area contributed by atoms with Crippen LogP contribution in [0.1, 0.15) is 38.2 Å². The quantitative estimate of drug-likeness (QED) is 0.624. The highest BCUT2D eigenvalue weighted by Crippen LogP contribution is 2.54. The number of nitrogens with zero attached hydrogens (tertiary/aromatic N) is 1. The van der Waals surface area contributed by atoms with Gasteiger partial charge in [0.1, 0.15) is 11.4 Å². The second-order valence-corrected chi connectivity index (χ2v) is 5.32. The van der Waals surface area contributed by atoms with Crippen LogP contribution in [0.4, 0.5) is 5.69 Å². The van der Waals surface area contributed by atoms with Crippen molar-refractivity contribution in [3.63, 3.8) is 0 Å². The number of para-hydroxylation sites is 1. The van der Waals surface area contributed by atoms with Crippen molar-refractivity contribution in [3.05, 3.63) is 41.1 Å². The number of likely N-dealkylation sites (N-methyl/N-ethyl adjacent to an activating group) is 1. The average Bonchev–Trinajstić information content (AvgIpc) is 2.81. The topological polar surface area (TPSA) is 0 Å². The summed E-state index contributed by atoms with van der Waals surface area (Å²) in [6.07, 6.45) is 2.62. The van der Waals surface area contributed by atoms with E-state index in [1.54, 1.807) is 16.8 Å². The molecule has 0 saturated heterocycles. The van der Waals surface area contributed by atoms with Gasteiger partial charge in [-0.25, -0.2) is 0 Å². The SMILES string of the molecule is CC[N+]1(C)C2=C(C)CCC2c2ccccc21. The van der Waals surface area contributed by atoms with Gasteiger partial charge in [-0.05, 0) is 38.3 Å². The predicted octanol–water partition coefficient (Wildman–Crippen LogP) is 3.81. The molecule has 1 aliphatic heterocycles. The van der Waals surface area contributed by atoms with Crippen LogP contribution >= 0.6 is 0 Å². The Hall–Kier alpha value is -1.08. The van der Waals surface area contributed by atoms with E-state index in [1.807, 2.05) is 0 Å². The fraction of sp³-hybridized carbons (Fsp3) is 0.467. The Morgan fingerprint density at radius 2 is 2.06 bits per heavy atom. The third kappa shape index (κ3) is 1.04. The fourth-order valence-corrected chi connectivity index (χ4v) is 3.69. The summed E-state index contributed by atoms with van der Waals surface area (Å²) in [6.45, 7) is 5.80. The van der Waals surface area contributed by atoms with Gasteiger partial charge in [0.15, 0.2) is 0 Å². The van der Waals surface area contributed by atoms with E-state index in [0.717, 1.165) is 4.48 Å². The number of hydrogen-bond donors (Lipinski definition) is 0. The number of fused-ring (bicyclic) bond motifs is 3. The van der Waals surface area contributed by atoms with E-state index in [4.69, 9.17) is 0 Å². The zero-order chi connectivity index (χ0) is 11.3. The fourth-order valence-electron chi connectivity index (χ4n) is 3.69. The molecule has 0 aromatic heterocycles. The molecular weight excluding hydrogens is 194 g/mol. The van der Waals surface area contributed by atoms with Gasteiger partial charge in [0.25, 0.3) is 0 Å². The first-order valence-electron chi connectivity index (χ1n) is 6.33. The van der Waals surface area contributed by atoms with Gasteiger partial charge in [-0.3, -0.25) is 4.48 Å². The third-order valence-electron chi connectivity index (χ3n) is 4.58. The van der Waals surface area contributed by atoms with Crippen molar-refractivity contribution in [2.75, 3.05) is 13.6 Å². The molecule has 0 saturated carbocycles.